The van der Waals surface area contributed by atoms with Gasteiger partial charge < -0.3 is 25.2 Å². The molecule has 0 bridgehead atoms. The van der Waals surface area contributed by atoms with Gasteiger partial charge in [0.05, 0.1) is 0 Å². The Bertz CT molecular complexity index is 380. The fourth-order valence-electron chi connectivity index (χ4n) is 2.23. The first-order valence-corrected chi connectivity index (χ1v) is 7.75. The molecule has 0 aromatic carbocycles. The van der Waals surface area contributed by atoms with Crippen LogP contribution < -0.4 is 5.32 Å². The number of hydrogen-bond donors (Lipinski definition) is 3. The van der Waals surface area contributed by atoms with Crippen LogP contribution in [0.4, 0.5) is 0 Å². The van der Waals surface area contributed by atoms with E-state index in [1.807, 2.05) is 18.9 Å². The molecule has 0 aromatic heterocycles. The lowest BCUT2D eigenvalue weighted by Crippen LogP contribution is -2.57. The van der Waals surface area contributed by atoms with E-state index in [0.717, 1.165) is 11.7 Å². The van der Waals surface area contributed by atoms with Gasteiger partial charge in [0.2, 0.25) is 0 Å². The van der Waals surface area contributed by atoms with Crippen LogP contribution in [0.15, 0.2) is 17.6 Å². The summed E-state index contributed by atoms with van der Waals surface area (Å²) >= 11 is 1.51. The second-order valence-corrected chi connectivity index (χ2v) is 6.07. The van der Waals surface area contributed by atoms with E-state index >= 15 is 0 Å². The summed E-state index contributed by atoms with van der Waals surface area (Å²) in [6.07, 6.45) is -0.500. The molecular formula is C13H23N3O3S. The van der Waals surface area contributed by atoms with Crippen molar-refractivity contribution in [3.05, 3.63) is 12.7 Å². The van der Waals surface area contributed by atoms with E-state index in [-0.39, 0.29) is 5.44 Å². The minimum absolute atomic E-state index is 0.229. The maximum absolute atomic E-state index is 10.2. The van der Waals surface area contributed by atoms with Gasteiger partial charge in [0.15, 0.2) is 5.17 Å². The zero-order valence-corrected chi connectivity index (χ0v) is 12.7. The molecule has 2 aliphatic heterocycles. The summed E-state index contributed by atoms with van der Waals surface area (Å²) in [5, 5.41) is 24.3. The van der Waals surface area contributed by atoms with Crippen molar-refractivity contribution >= 4 is 16.9 Å². The first-order chi connectivity index (χ1) is 9.58. The van der Waals surface area contributed by atoms with Gasteiger partial charge in [-0.2, -0.15) is 0 Å². The van der Waals surface area contributed by atoms with Gasteiger partial charge in [-0.05, 0) is 6.92 Å². The van der Waals surface area contributed by atoms with Gasteiger partial charge in [-0.1, -0.05) is 17.8 Å². The predicted octanol–water partition coefficient (Wildman–Crippen LogP) is -0.368. The highest BCUT2D eigenvalue weighted by Gasteiger charge is 2.48. The van der Waals surface area contributed by atoms with Crippen molar-refractivity contribution in [3.8, 4) is 0 Å². The number of aliphatic hydroxyl groups is 2. The Labute approximate surface area is 123 Å². The summed E-state index contributed by atoms with van der Waals surface area (Å²) in [6.45, 7) is 7.63. The Morgan fingerprint density at radius 3 is 2.90 bits per heavy atom. The summed E-state index contributed by atoms with van der Waals surface area (Å²) in [6, 6.07) is -0.394. The third-order valence-electron chi connectivity index (χ3n) is 3.58. The molecule has 20 heavy (non-hydrogen) atoms. The minimum atomic E-state index is -0.927. The van der Waals surface area contributed by atoms with Crippen LogP contribution in [0.1, 0.15) is 6.92 Å². The SMILES string of the molecule is C=CCNC[C@H]1O[C@@H]2SC(N(C)CC)=N[C@@H]2[C@@H](O)[C@@H]1O. The largest absolute Gasteiger partial charge is 0.388 e. The minimum Gasteiger partial charge on any atom is -0.388 e. The number of amidine groups is 1. The van der Waals surface area contributed by atoms with Crippen LogP contribution in [0.5, 0.6) is 0 Å². The number of ether oxygens (including phenoxy) is 1. The fourth-order valence-corrected chi connectivity index (χ4v) is 3.49. The molecule has 1 saturated heterocycles. The van der Waals surface area contributed by atoms with Gasteiger partial charge in [-0.3, -0.25) is 4.99 Å². The topological polar surface area (TPSA) is 77.3 Å². The molecule has 6 nitrogen and oxygen atoms in total. The smallest absolute Gasteiger partial charge is 0.162 e. The first-order valence-electron chi connectivity index (χ1n) is 6.87. The van der Waals surface area contributed by atoms with Crippen LogP contribution in [-0.4, -0.2) is 76.8 Å². The molecule has 0 saturated carbocycles. The second kappa shape index (κ2) is 6.91. The number of hydrogen-bond acceptors (Lipinski definition) is 7. The molecule has 2 heterocycles. The van der Waals surface area contributed by atoms with E-state index < -0.39 is 24.4 Å². The van der Waals surface area contributed by atoms with E-state index in [1.54, 1.807) is 6.08 Å². The molecule has 0 amide bonds. The zero-order valence-electron chi connectivity index (χ0n) is 11.9. The zero-order chi connectivity index (χ0) is 14.7. The predicted molar refractivity (Wildman–Crippen MR) is 80.9 cm³/mol. The van der Waals surface area contributed by atoms with Crippen molar-refractivity contribution in [3.63, 3.8) is 0 Å². The van der Waals surface area contributed by atoms with E-state index in [9.17, 15) is 10.2 Å². The summed E-state index contributed by atoms with van der Waals surface area (Å²) < 4.78 is 5.88. The maximum Gasteiger partial charge on any atom is 0.162 e. The summed E-state index contributed by atoms with van der Waals surface area (Å²) in [5.74, 6) is 0. The monoisotopic (exact) mass is 301 g/mol. The molecule has 7 heteroatoms. The van der Waals surface area contributed by atoms with Crippen molar-refractivity contribution in [1.29, 1.82) is 0 Å². The number of nitrogens with one attached hydrogen (secondary N) is 1. The van der Waals surface area contributed by atoms with Gasteiger partial charge in [0.25, 0.3) is 0 Å². The molecule has 2 aliphatic rings. The van der Waals surface area contributed by atoms with Gasteiger partial charge in [-0.15, -0.1) is 6.58 Å². The molecule has 3 N–H and O–H groups in total. The summed E-state index contributed by atoms with van der Waals surface area (Å²) in [5.41, 5.74) is -0.229. The normalized spacial score (nSPS) is 36.4. The Morgan fingerprint density at radius 1 is 1.50 bits per heavy atom. The number of nitrogens with zero attached hydrogens (tertiary/aromatic N) is 2. The first kappa shape index (κ1) is 15.8. The number of thioether (sulfide) groups is 1. The van der Waals surface area contributed by atoms with Gasteiger partial charge in [-0.25, -0.2) is 0 Å². The van der Waals surface area contributed by atoms with Crippen molar-refractivity contribution < 1.29 is 14.9 Å². The number of aliphatic imine (C=N–C) groups is 1. The van der Waals surface area contributed by atoms with Gasteiger partial charge in [0.1, 0.15) is 29.8 Å². The molecule has 5 atom stereocenters. The lowest BCUT2D eigenvalue weighted by atomic mass is 9.98. The Hall–Kier alpha value is -0.600. The quantitative estimate of drug-likeness (QED) is 0.475. The highest BCUT2D eigenvalue weighted by molar-refractivity contribution is 8.14. The van der Waals surface area contributed by atoms with Crippen molar-refractivity contribution in [1.82, 2.24) is 10.2 Å². The average Bonchev–Trinajstić information content (AvgIpc) is 2.87. The van der Waals surface area contributed by atoms with Gasteiger partial charge >= 0.3 is 0 Å². The van der Waals surface area contributed by atoms with Crippen molar-refractivity contribution in [2.75, 3.05) is 26.7 Å². The van der Waals surface area contributed by atoms with Crippen molar-refractivity contribution in [2.45, 2.75) is 36.7 Å². The number of rotatable bonds is 5. The highest BCUT2D eigenvalue weighted by atomic mass is 32.2. The summed E-state index contributed by atoms with van der Waals surface area (Å²) in [7, 11) is 1.95. The Morgan fingerprint density at radius 2 is 2.25 bits per heavy atom. The van der Waals surface area contributed by atoms with Crippen LogP contribution in [0.2, 0.25) is 0 Å². The standard InChI is InChI=1S/C13H23N3O3S/c1-4-6-14-7-8-10(17)11(18)9-12(19-8)20-13(15-9)16(3)5-2/h4,8-12,14,17-18H,1,5-7H2,2-3H3/t8-,9-,10-,11-,12-/m1/s1. The lowest BCUT2D eigenvalue weighted by molar-refractivity contribution is -0.150. The Kier molecular flexibility index (Phi) is 5.45. The Balaban J connectivity index is 2.00. The lowest BCUT2D eigenvalue weighted by Gasteiger charge is -2.38. The molecule has 0 spiro atoms. The average molecular weight is 301 g/mol. The van der Waals surface area contributed by atoms with E-state index in [1.165, 1.54) is 11.8 Å². The maximum atomic E-state index is 10.2. The molecule has 0 unspecified atom stereocenters. The molecule has 0 radical (unpaired) electrons. The molecule has 0 aliphatic carbocycles. The van der Waals surface area contributed by atoms with Crippen LogP contribution in [0, 0.1) is 0 Å². The van der Waals surface area contributed by atoms with Crippen molar-refractivity contribution in [2.24, 2.45) is 4.99 Å². The third-order valence-corrected chi connectivity index (χ3v) is 4.83. The molecular weight excluding hydrogens is 278 g/mol. The number of aliphatic hydroxyl groups excluding tert-OH is 2. The highest BCUT2D eigenvalue weighted by Crippen LogP contribution is 2.36. The molecule has 0 aromatic rings. The second-order valence-electron chi connectivity index (χ2n) is 5.01. The van der Waals surface area contributed by atoms with Gasteiger partial charge in [0, 0.05) is 26.7 Å². The van der Waals surface area contributed by atoms with Crippen LogP contribution >= 0.6 is 11.8 Å². The molecule has 114 valence electrons. The van der Waals surface area contributed by atoms with E-state index in [2.05, 4.69) is 16.9 Å². The fraction of sp³-hybridized carbons (Fsp3) is 0.769. The molecule has 1 fully saturated rings. The van der Waals surface area contributed by atoms with Crippen LogP contribution in [0.3, 0.4) is 0 Å². The van der Waals surface area contributed by atoms with E-state index in [0.29, 0.717) is 13.1 Å². The summed E-state index contributed by atoms with van der Waals surface area (Å²) in [4.78, 5) is 6.49. The third kappa shape index (κ3) is 3.17. The van der Waals surface area contributed by atoms with Crippen LogP contribution in [-0.2, 0) is 4.74 Å². The molecule has 2 rings (SSSR count). The number of fused-ring (bicyclic) bond motifs is 1. The van der Waals surface area contributed by atoms with E-state index in [4.69, 9.17) is 4.74 Å². The van der Waals surface area contributed by atoms with Crippen LogP contribution in [0.25, 0.3) is 0 Å².